The van der Waals surface area contributed by atoms with Gasteiger partial charge in [0.15, 0.2) is 5.13 Å². The van der Waals surface area contributed by atoms with Gasteiger partial charge in [0.2, 0.25) is 5.91 Å². The number of anilines is 2. The van der Waals surface area contributed by atoms with Gasteiger partial charge in [-0.1, -0.05) is 42.4 Å². The van der Waals surface area contributed by atoms with Crippen LogP contribution in [0.25, 0.3) is 10.2 Å². The Morgan fingerprint density at radius 2 is 1.96 bits per heavy atom. The zero-order valence-electron chi connectivity index (χ0n) is 14.1. The number of nitrogens with zero attached hydrogens (tertiary/aromatic N) is 2. The summed E-state index contributed by atoms with van der Waals surface area (Å²) in [6, 6.07) is 15.6. The number of carbonyl (C=O) groups excluding carboxylic acids is 1. The molecule has 4 nitrogen and oxygen atoms in total. The number of rotatable bonds is 4. The number of amides is 1. The Morgan fingerprint density at radius 1 is 1.16 bits per heavy atom. The van der Waals surface area contributed by atoms with E-state index in [0.29, 0.717) is 0 Å². The summed E-state index contributed by atoms with van der Waals surface area (Å²) in [6.07, 6.45) is 4.18. The smallest absolute Gasteiger partial charge is 0.236 e. The normalized spacial score (nSPS) is 14.8. The molecule has 5 heteroatoms. The second kappa shape index (κ2) is 6.84. The van der Waals surface area contributed by atoms with Gasteiger partial charge >= 0.3 is 0 Å². The molecule has 0 aliphatic heterocycles. The van der Waals surface area contributed by atoms with Gasteiger partial charge < -0.3 is 4.74 Å². The first-order chi connectivity index (χ1) is 12.3. The molecule has 0 saturated heterocycles. The van der Waals surface area contributed by atoms with E-state index in [0.717, 1.165) is 52.5 Å². The lowest BCUT2D eigenvalue weighted by Crippen LogP contribution is -2.31. The quantitative estimate of drug-likeness (QED) is 0.651. The molecule has 1 aliphatic rings. The molecule has 3 aromatic rings. The molecule has 128 valence electrons. The van der Waals surface area contributed by atoms with E-state index in [1.165, 1.54) is 0 Å². The number of carbonyl (C=O) groups is 1. The maximum Gasteiger partial charge on any atom is 0.236 e. The molecule has 0 unspecified atom stereocenters. The van der Waals surface area contributed by atoms with Crippen molar-refractivity contribution in [2.24, 2.45) is 5.92 Å². The Hall–Kier alpha value is -2.40. The Bertz CT molecular complexity index is 866. The van der Waals surface area contributed by atoms with Crippen LogP contribution in [0.1, 0.15) is 25.7 Å². The molecule has 1 heterocycles. The van der Waals surface area contributed by atoms with Crippen molar-refractivity contribution < 1.29 is 9.53 Å². The van der Waals surface area contributed by atoms with Crippen molar-refractivity contribution in [2.45, 2.75) is 25.7 Å². The van der Waals surface area contributed by atoms with Crippen molar-refractivity contribution in [1.29, 1.82) is 0 Å². The molecule has 0 spiro atoms. The Morgan fingerprint density at radius 3 is 2.72 bits per heavy atom. The fraction of sp³-hybridized carbons (Fsp3) is 0.300. The highest BCUT2D eigenvalue weighted by Crippen LogP contribution is 2.38. The van der Waals surface area contributed by atoms with Crippen molar-refractivity contribution in [3.05, 3.63) is 48.5 Å². The van der Waals surface area contributed by atoms with E-state index >= 15 is 0 Å². The van der Waals surface area contributed by atoms with Gasteiger partial charge in [-0.3, -0.25) is 9.69 Å². The van der Waals surface area contributed by atoms with Crippen LogP contribution in [0.2, 0.25) is 0 Å². The van der Waals surface area contributed by atoms with Gasteiger partial charge in [0.1, 0.15) is 5.75 Å². The second-order valence-electron chi connectivity index (χ2n) is 6.32. The summed E-state index contributed by atoms with van der Waals surface area (Å²) in [5.41, 5.74) is 1.74. The number of hydrogen-bond donors (Lipinski definition) is 0. The van der Waals surface area contributed by atoms with Crippen LogP contribution in [0.3, 0.4) is 0 Å². The lowest BCUT2D eigenvalue weighted by Gasteiger charge is -2.23. The molecule has 25 heavy (non-hydrogen) atoms. The first-order valence-electron chi connectivity index (χ1n) is 8.60. The van der Waals surface area contributed by atoms with E-state index in [4.69, 9.17) is 9.72 Å². The molecular weight excluding hydrogens is 332 g/mol. The minimum atomic E-state index is 0.0817. The number of ether oxygens (including phenoxy) is 1. The molecule has 0 bridgehead atoms. The highest BCUT2D eigenvalue weighted by Gasteiger charge is 2.31. The number of para-hydroxylation sites is 1. The van der Waals surface area contributed by atoms with Crippen molar-refractivity contribution in [3.8, 4) is 5.75 Å². The van der Waals surface area contributed by atoms with E-state index in [1.54, 1.807) is 23.3 Å². The average Bonchev–Trinajstić information content (AvgIpc) is 3.31. The zero-order chi connectivity index (χ0) is 17.2. The lowest BCUT2D eigenvalue weighted by molar-refractivity contribution is -0.121. The number of thiazole rings is 1. The van der Waals surface area contributed by atoms with E-state index in [2.05, 4.69) is 0 Å². The molecule has 2 aromatic carbocycles. The highest BCUT2D eigenvalue weighted by molar-refractivity contribution is 7.22. The van der Waals surface area contributed by atoms with Crippen LogP contribution in [0, 0.1) is 5.92 Å². The summed E-state index contributed by atoms with van der Waals surface area (Å²) < 4.78 is 6.44. The standard InChI is InChI=1S/C20H20N2O2S/c1-24-16-10-6-9-15(13-16)22(19(23)14-7-2-3-8-14)20-21-17-11-4-5-12-18(17)25-20/h4-6,9-14H,2-3,7-8H2,1H3. The molecule has 0 radical (unpaired) electrons. The SMILES string of the molecule is COc1cccc(N(C(=O)C2CCCC2)c2nc3ccccc3s2)c1. The van der Waals surface area contributed by atoms with E-state index in [-0.39, 0.29) is 11.8 Å². The molecule has 1 amide bonds. The van der Waals surface area contributed by atoms with Gasteiger partial charge in [0, 0.05) is 12.0 Å². The van der Waals surface area contributed by atoms with Crippen LogP contribution in [0.15, 0.2) is 48.5 Å². The number of hydrogen-bond acceptors (Lipinski definition) is 4. The van der Waals surface area contributed by atoms with E-state index in [1.807, 2.05) is 48.5 Å². The minimum Gasteiger partial charge on any atom is -0.497 e. The molecule has 1 saturated carbocycles. The van der Waals surface area contributed by atoms with E-state index in [9.17, 15) is 4.79 Å². The maximum absolute atomic E-state index is 13.3. The molecule has 0 atom stereocenters. The van der Waals surface area contributed by atoms with Gasteiger partial charge in [-0.15, -0.1) is 0 Å². The van der Waals surface area contributed by atoms with Gasteiger partial charge in [0.05, 0.1) is 23.0 Å². The average molecular weight is 352 g/mol. The third kappa shape index (κ3) is 3.12. The number of methoxy groups -OCH3 is 1. The van der Waals surface area contributed by atoms with E-state index < -0.39 is 0 Å². The molecule has 1 fully saturated rings. The molecule has 4 rings (SSSR count). The van der Waals surface area contributed by atoms with Gasteiger partial charge in [-0.2, -0.15) is 0 Å². The third-order valence-corrected chi connectivity index (χ3v) is 5.73. The van der Waals surface area contributed by atoms with Crippen molar-refractivity contribution in [1.82, 2.24) is 4.98 Å². The molecule has 1 aromatic heterocycles. The lowest BCUT2D eigenvalue weighted by atomic mass is 10.1. The Balaban J connectivity index is 1.80. The largest absolute Gasteiger partial charge is 0.497 e. The summed E-state index contributed by atoms with van der Waals surface area (Å²) in [6.45, 7) is 0. The Kier molecular flexibility index (Phi) is 4.40. The monoisotopic (exact) mass is 352 g/mol. The van der Waals surface area contributed by atoms with Crippen LogP contribution in [-0.2, 0) is 4.79 Å². The summed E-state index contributed by atoms with van der Waals surface area (Å²) >= 11 is 1.55. The fourth-order valence-electron chi connectivity index (χ4n) is 3.39. The summed E-state index contributed by atoms with van der Waals surface area (Å²) in [4.78, 5) is 19.8. The van der Waals surface area contributed by atoms with Crippen LogP contribution >= 0.6 is 11.3 Å². The zero-order valence-corrected chi connectivity index (χ0v) is 15.0. The number of fused-ring (bicyclic) bond motifs is 1. The summed E-state index contributed by atoms with van der Waals surface area (Å²) in [5.74, 6) is 0.964. The first kappa shape index (κ1) is 16.1. The molecule has 0 N–H and O–H groups in total. The van der Waals surface area contributed by atoms with Crippen molar-refractivity contribution >= 4 is 38.3 Å². The number of aromatic nitrogens is 1. The predicted molar refractivity (Wildman–Crippen MR) is 102 cm³/mol. The number of benzene rings is 2. The van der Waals surface area contributed by atoms with Gasteiger partial charge in [-0.25, -0.2) is 4.98 Å². The summed E-state index contributed by atoms with van der Waals surface area (Å²) in [5, 5.41) is 0.728. The third-order valence-electron chi connectivity index (χ3n) is 4.71. The van der Waals surface area contributed by atoms with Crippen LogP contribution in [0.4, 0.5) is 10.8 Å². The maximum atomic E-state index is 13.3. The first-order valence-corrected chi connectivity index (χ1v) is 9.41. The van der Waals surface area contributed by atoms with Crippen LogP contribution < -0.4 is 9.64 Å². The minimum absolute atomic E-state index is 0.0817. The van der Waals surface area contributed by atoms with Gasteiger partial charge in [0.25, 0.3) is 0 Å². The van der Waals surface area contributed by atoms with Crippen LogP contribution in [0.5, 0.6) is 5.75 Å². The molecule has 1 aliphatic carbocycles. The predicted octanol–water partition coefficient (Wildman–Crippen LogP) is 5.16. The van der Waals surface area contributed by atoms with Crippen LogP contribution in [-0.4, -0.2) is 18.0 Å². The van der Waals surface area contributed by atoms with Crippen molar-refractivity contribution in [3.63, 3.8) is 0 Å². The molecular formula is C20H20N2O2S. The van der Waals surface area contributed by atoms with Crippen molar-refractivity contribution in [2.75, 3.05) is 12.0 Å². The van der Waals surface area contributed by atoms with Gasteiger partial charge in [-0.05, 0) is 37.1 Å². The fourth-order valence-corrected chi connectivity index (χ4v) is 4.38. The topological polar surface area (TPSA) is 42.4 Å². The highest BCUT2D eigenvalue weighted by atomic mass is 32.1. The summed E-state index contributed by atoms with van der Waals surface area (Å²) in [7, 11) is 1.64. The second-order valence-corrected chi connectivity index (χ2v) is 7.33. The Labute approximate surface area is 151 Å².